The summed E-state index contributed by atoms with van der Waals surface area (Å²) < 4.78 is 5.53. The van der Waals surface area contributed by atoms with Crippen molar-refractivity contribution < 1.29 is 14.6 Å². The van der Waals surface area contributed by atoms with Gasteiger partial charge in [-0.15, -0.1) is 0 Å². The number of hydrogen-bond acceptors (Lipinski definition) is 3. The van der Waals surface area contributed by atoms with Gasteiger partial charge in [0, 0.05) is 13.0 Å². The van der Waals surface area contributed by atoms with E-state index in [1.807, 2.05) is 38.1 Å². The predicted octanol–water partition coefficient (Wildman–Crippen LogP) is 2.04. The summed E-state index contributed by atoms with van der Waals surface area (Å²) >= 11 is 0. The van der Waals surface area contributed by atoms with Crippen LogP contribution in [0.2, 0.25) is 0 Å². The molecular weight excluding hydrogens is 242 g/mol. The Labute approximate surface area is 114 Å². The van der Waals surface area contributed by atoms with E-state index in [-0.39, 0.29) is 5.91 Å². The number of carbonyl (C=O) groups excluding carboxylic acids is 1. The maximum absolute atomic E-state index is 11.4. The van der Waals surface area contributed by atoms with Crippen molar-refractivity contribution in [3.8, 4) is 5.75 Å². The number of rotatable bonds is 8. The molecule has 1 rings (SSSR count). The Morgan fingerprint density at radius 2 is 2.05 bits per heavy atom. The van der Waals surface area contributed by atoms with Gasteiger partial charge in [0.05, 0.1) is 12.7 Å². The number of carbonyl (C=O) groups is 1. The molecule has 0 aliphatic rings. The van der Waals surface area contributed by atoms with Gasteiger partial charge in [-0.05, 0) is 31.9 Å². The van der Waals surface area contributed by atoms with E-state index < -0.39 is 6.10 Å². The van der Waals surface area contributed by atoms with Crippen LogP contribution in [0, 0.1) is 6.92 Å². The number of amides is 1. The minimum absolute atomic E-state index is 0.0417. The van der Waals surface area contributed by atoms with Crippen molar-refractivity contribution in [3.05, 3.63) is 29.8 Å². The lowest BCUT2D eigenvalue weighted by Crippen LogP contribution is -2.31. The Bertz CT molecular complexity index is 375. The molecule has 1 atom stereocenters. The van der Waals surface area contributed by atoms with Crippen LogP contribution >= 0.6 is 0 Å². The van der Waals surface area contributed by atoms with Gasteiger partial charge < -0.3 is 15.2 Å². The summed E-state index contributed by atoms with van der Waals surface area (Å²) in [5, 5.41) is 12.0. The van der Waals surface area contributed by atoms with Crippen LogP contribution in [-0.4, -0.2) is 30.3 Å². The Morgan fingerprint density at radius 3 is 2.68 bits per heavy atom. The van der Waals surface area contributed by atoms with E-state index in [2.05, 4.69) is 5.32 Å². The number of nitrogens with one attached hydrogen (secondary N) is 1. The van der Waals surface area contributed by atoms with Gasteiger partial charge in [0.25, 0.3) is 0 Å². The standard InChI is InChI=1S/C15H23NO3/c1-3-13(17)11-16-15(18)5-4-10-19-14-8-6-12(2)7-9-14/h6-9,13,17H,3-5,10-11H2,1-2H3,(H,16,18). The van der Waals surface area contributed by atoms with Gasteiger partial charge in [0.1, 0.15) is 5.75 Å². The molecule has 2 N–H and O–H groups in total. The fraction of sp³-hybridized carbons (Fsp3) is 0.533. The molecule has 0 aromatic heterocycles. The van der Waals surface area contributed by atoms with Crippen LogP contribution in [0.5, 0.6) is 5.75 Å². The molecule has 1 unspecified atom stereocenters. The molecule has 1 aromatic rings. The zero-order chi connectivity index (χ0) is 14.1. The van der Waals surface area contributed by atoms with Gasteiger partial charge in [-0.2, -0.15) is 0 Å². The van der Waals surface area contributed by atoms with Gasteiger partial charge >= 0.3 is 0 Å². The monoisotopic (exact) mass is 265 g/mol. The van der Waals surface area contributed by atoms with Gasteiger partial charge in [0.2, 0.25) is 5.91 Å². The Balaban J connectivity index is 2.10. The normalized spacial score (nSPS) is 11.9. The van der Waals surface area contributed by atoms with Gasteiger partial charge in [0.15, 0.2) is 0 Å². The molecular formula is C15H23NO3. The average molecular weight is 265 g/mol. The lowest BCUT2D eigenvalue weighted by atomic mass is 10.2. The van der Waals surface area contributed by atoms with Crippen LogP contribution < -0.4 is 10.1 Å². The molecule has 0 heterocycles. The fourth-order valence-electron chi connectivity index (χ4n) is 1.52. The minimum atomic E-state index is -0.451. The van der Waals surface area contributed by atoms with Crippen molar-refractivity contribution in [2.45, 2.75) is 39.2 Å². The highest BCUT2D eigenvalue weighted by Crippen LogP contribution is 2.11. The van der Waals surface area contributed by atoms with Crippen LogP contribution in [0.15, 0.2) is 24.3 Å². The van der Waals surface area contributed by atoms with E-state index in [1.54, 1.807) is 0 Å². The highest BCUT2D eigenvalue weighted by Gasteiger charge is 2.04. The summed E-state index contributed by atoms with van der Waals surface area (Å²) in [7, 11) is 0. The van der Waals surface area contributed by atoms with Gasteiger partial charge in [-0.25, -0.2) is 0 Å². The highest BCUT2D eigenvalue weighted by atomic mass is 16.5. The Morgan fingerprint density at radius 1 is 1.37 bits per heavy atom. The lowest BCUT2D eigenvalue weighted by Gasteiger charge is -2.10. The molecule has 0 spiro atoms. The first-order chi connectivity index (χ1) is 9.11. The molecule has 4 nitrogen and oxygen atoms in total. The quantitative estimate of drug-likeness (QED) is 0.707. The molecule has 0 aliphatic carbocycles. The molecule has 0 aliphatic heterocycles. The number of aliphatic hydroxyl groups is 1. The van der Waals surface area contributed by atoms with Crippen LogP contribution in [0.25, 0.3) is 0 Å². The zero-order valence-electron chi connectivity index (χ0n) is 11.7. The molecule has 19 heavy (non-hydrogen) atoms. The van der Waals surface area contributed by atoms with Crippen molar-refractivity contribution in [2.75, 3.05) is 13.2 Å². The third-order valence-corrected chi connectivity index (χ3v) is 2.84. The third-order valence-electron chi connectivity index (χ3n) is 2.84. The molecule has 0 radical (unpaired) electrons. The summed E-state index contributed by atoms with van der Waals surface area (Å²) in [5.41, 5.74) is 1.20. The SMILES string of the molecule is CCC(O)CNC(=O)CCCOc1ccc(C)cc1. The third kappa shape index (κ3) is 6.82. The van der Waals surface area contributed by atoms with Crippen LogP contribution in [0.3, 0.4) is 0 Å². The summed E-state index contributed by atoms with van der Waals surface area (Å²) in [6.07, 6.45) is 1.29. The molecule has 0 saturated carbocycles. The fourth-order valence-corrected chi connectivity index (χ4v) is 1.52. The summed E-state index contributed by atoms with van der Waals surface area (Å²) in [5.74, 6) is 0.785. The molecule has 106 valence electrons. The van der Waals surface area contributed by atoms with Crippen molar-refractivity contribution in [3.63, 3.8) is 0 Å². The summed E-state index contributed by atoms with van der Waals surface area (Å²) in [6, 6.07) is 7.84. The Kier molecular flexibility index (Phi) is 6.97. The maximum atomic E-state index is 11.4. The molecule has 1 amide bonds. The minimum Gasteiger partial charge on any atom is -0.494 e. The van der Waals surface area contributed by atoms with E-state index in [9.17, 15) is 9.90 Å². The largest absolute Gasteiger partial charge is 0.494 e. The average Bonchev–Trinajstić information content (AvgIpc) is 2.42. The van der Waals surface area contributed by atoms with Crippen molar-refractivity contribution in [1.82, 2.24) is 5.32 Å². The number of ether oxygens (including phenoxy) is 1. The molecule has 1 aromatic carbocycles. The van der Waals surface area contributed by atoms with Crippen molar-refractivity contribution in [2.24, 2.45) is 0 Å². The first-order valence-corrected chi connectivity index (χ1v) is 6.76. The number of benzene rings is 1. The van der Waals surface area contributed by atoms with E-state index >= 15 is 0 Å². The summed E-state index contributed by atoms with van der Waals surface area (Å²) in [4.78, 5) is 11.4. The smallest absolute Gasteiger partial charge is 0.220 e. The van der Waals surface area contributed by atoms with Gasteiger partial charge in [-0.3, -0.25) is 4.79 Å². The second kappa shape index (κ2) is 8.53. The maximum Gasteiger partial charge on any atom is 0.220 e. The van der Waals surface area contributed by atoms with Crippen molar-refractivity contribution in [1.29, 1.82) is 0 Å². The number of hydrogen-bond donors (Lipinski definition) is 2. The number of aliphatic hydroxyl groups excluding tert-OH is 1. The van der Waals surface area contributed by atoms with Crippen LogP contribution in [0.1, 0.15) is 31.7 Å². The second-order valence-electron chi connectivity index (χ2n) is 4.63. The van der Waals surface area contributed by atoms with Crippen LogP contribution in [-0.2, 0) is 4.79 Å². The molecule has 0 fully saturated rings. The predicted molar refractivity (Wildman–Crippen MR) is 75.2 cm³/mol. The lowest BCUT2D eigenvalue weighted by molar-refractivity contribution is -0.121. The first kappa shape index (κ1) is 15.5. The van der Waals surface area contributed by atoms with E-state index in [0.717, 1.165) is 5.75 Å². The van der Waals surface area contributed by atoms with Crippen molar-refractivity contribution >= 4 is 5.91 Å². The Hall–Kier alpha value is -1.55. The van der Waals surface area contributed by atoms with E-state index in [4.69, 9.17) is 4.74 Å². The molecule has 0 saturated heterocycles. The zero-order valence-corrected chi connectivity index (χ0v) is 11.7. The first-order valence-electron chi connectivity index (χ1n) is 6.76. The van der Waals surface area contributed by atoms with Crippen LogP contribution in [0.4, 0.5) is 0 Å². The number of aryl methyl sites for hydroxylation is 1. The second-order valence-corrected chi connectivity index (χ2v) is 4.63. The van der Waals surface area contributed by atoms with E-state index in [1.165, 1.54) is 5.56 Å². The molecule has 0 bridgehead atoms. The van der Waals surface area contributed by atoms with E-state index in [0.29, 0.717) is 32.4 Å². The topological polar surface area (TPSA) is 58.6 Å². The van der Waals surface area contributed by atoms with Gasteiger partial charge in [-0.1, -0.05) is 24.6 Å². The highest BCUT2D eigenvalue weighted by molar-refractivity contribution is 5.75. The molecule has 4 heteroatoms. The summed E-state index contributed by atoms with van der Waals surface area (Å²) in [6.45, 7) is 4.76.